The first kappa shape index (κ1) is 23.7. The van der Waals surface area contributed by atoms with Gasteiger partial charge in [0.05, 0.1) is 18.7 Å². The Hall–Kier alpha value is -2.61. The average Bonchev–Trinajstić information content (AvgIpc) is 2.98. The Kier molecular flexibility index (Phi) is 7.83. The molecule has 1 heterocycles. The van der Waals surface area contributed by atoms with Crippen LogP contribution < -0.4 is 0 Å². The van der Waals surface area contributed by atoms with Crippen LogP contribution in [0.5, 0.6) is 0 Å². The van der Waals surface area contributed by atoms with Crippen molar-refractivity contribution in [2.75, 3.05) is 13.2 Å². The second-order valence-corrected chi connectivity index (χ2v) is 7.89. The largest absolute Gasteiger partial charge is 0.462 e. The zero-order chi connectivity index (χ0) is 22.5. The van der Waals surface area contributed by atoms with E-state index in [0.29, 0.717) is 22.2 Å². The zero-order valence-corrected chi connectivity index (χ0v) is 19.4. The maximum Gasteiger partial charge on any atom is 0.419 e. The van der Waals surface area contributed by atoms with E-state index in [1.54, 1.807) is 46.8 Å². The van der Waals surface area contributed by atoms with Crippen LogP contribution in [-0.2, 0) is 29.1 Å². The number of carbonyl (C=O) groups excluding carboxylic acids is 3. The highest BCUT2D eigenvalue weighted by Gasteiger charge is 2.27. The van der Waals surface area contributed by atoms with Gasteiger partial charge in [-0.25, -0.2) is 19.0 Å². The van der Waals surface area contributed by atoms with Crippen LogP contribution in [0.25, 0.3) is 17.0 Å². The molecule has 0 saturated carbocycles. The lowest BCUT2D eigenvalue weighted by Crippen LogP contribution is -2.28. The molecule has 1 aromatic carbocycles. The van der Waals surface area contributed by atoms with Crippen molar-refractivity contribution in [3.63, 3.8) is 0 Å². The summed E-state index contributed by atoms with van der Waals surface area (Å²) in [4.78, 5) is 37.8. The summed E-state index contributed by atoms with van der Waals surface area (Å²) in [6, 6.07) is 7.19. The van der Waals surface area contributed by atoms with Gasteiger partial charge in [-0.05, 0) is 46.8 Å². The van der Waals surface area contributed by atoms with Crippen molar-refractivity contribution in [3.8, 4) is 0 Å². The first-order valence-electron chi connectivity index (χ1n) is 9.62. The summed E-state index contributed by atoms with van der Waals surface area (Å²) in [5, 5.41) is 0.968. The fourth-order valence-corrected chi connectivity index (χ4v) is 3.44. The molecular formula is C22H26BrNO6. The molecule has 162 valence electrons. The summed E-state index contributed by atoms with van der Waals surface area (Å²) in [6.45, 7) is 8.87. The van der Waals surface area contributed by atoms with E-state index >= 15 is 0 Å². The summed E-state index contributed by atoms with van der Waals surface area (Å²) in [5.41, 5.74) is 0.733. The molecule has 0 amide bonds. The van der Waals surface area contributed by atoms with Crippen molar-refractivity contribution in [3.05, 3.63) is 41.1 Å². The molecule has 30 heavy (non-hydrogen) atoms. The van der Waals surface area contributed by atoms with Crippen molar-refractivity contribution < 1.29 is 28.6 Å². The number of alkyl halides is 1. The summed E-state index contributed by atoms with van der Waals surface area (Å²) in [7, 11) is 0. The number of ether oxygens (including phenoxy) is 3. The number of esters is 2. The van der Waals surface area contributed by atoms with E-state index in [1.807, 2.05) is 12.1 Å². The van der Waals surface area contributed by atoms with Gasteiger partial charge in [-0.3, -0.25) is 0 Å². The normalized spacial score (nSPS) is 11.1. The van der Waals surface area contributed by atoms with Gasteiger partial charge in [0.25, 0.3) is 0 Å². The molecule has 0 aliphatic heterocycles. The lowest BCUT2D eigenvalue weighted by Gasteiger charge is -2.20. The van der Waals surface area contributed by atoms with Crippen molar-refractivity contribution in [2.45, 2.75) is 45.5 Å². The molecule has 0 N–H and O–H groups in total. The molecule has 0 fully saturated rings. The molecule has 0 atom stereocenters. The van der Waals surface area contributed by atoms with Crippen molar-refractivity contribution in [1.29, 1.82) is 0 Å². The minimum atomic E-state index is -0.787. The fourth-order valence-electron chi connectivity index (χ4n) is 2.89. The summed E-state index contributed by atoms with van der Waals surface area (Å²) in [5.74, 6) is -1.57. The highest BCUT2D eigenvalue weighted by atomic mass is 79.9. The Bertz CT molecular complexity index is 963. The van der Waals surface area contributed by atoms with E-state index in [0.717, 1.165) is 0 Å². The smallest absolute Gasteiger partial charge is 0.419 e. The Morgan fingerprint density at radius 2 is 1.60 bits per heavy atom. The minimum absolute atomic E-state index is 0.112. The predicted molar refractivity (Wildman–Crippen MR) is 117 cm³/mol. The second-order valence-electron chi connectivity index (χ2n) is 7.33. The summed E-state index contributed by atoms with van der Waals surface area (Å²) in [6.07, 6.45) is 0.858. The van der Waals surface area contributed by atoms with Crippen LogP contribution in [0.2, 0.25) is 0 Å². The first-order valence-corrected chi connectivity index (χ1v) is 10.7. The number of para-hydroxylation sites is 1. The molecule has 2 aromatic rings. The highest BCUT2D eigenvalue weighted by Crippen LogP contribution is 2.31. The zero-order valence-electron chi connectivity index (χ0n) is 17.8. The topological polar surface area (TPSA) is 83.8 Å². The average molecular weight is 480 g/mol. The summed E-state index contributed by atoms with van der Waals surface area (Å²) < 4.78 is 17.1. The van der Waals surface area contributed by atoms with Crippen LogP contribution in [0.1, 0.15) is 45.9 Å². The van der Waals surface area contributed by atoms with E-state index in [2.05, 4.69) is 15.9 Å². The molecule has 0 aliphatic carbocycles. The number of rotatable bonds is 6. The summed E-state index contributed by atoms with van der Waals surface area (Å²) >= 11 is 3.42. The van der Waals surface area contributed by atoms with Crippen LogP contribution in [0.3, 0.4) is 0 Å². The molecule has 1 aromatic heterocycles. The predicted octanol–water partition coefficient (Wildman–Crippen LogP) is 4.83. The molecule has 0 spiro atoms. The van der Waals surface area contributed by atoms with Gasteiger partial charge in [0.2, 0.25) is 0 Å². The van der Waals surface area contributed by atoms with Crippen LogP contribution >= 0.6 is 15.9 Å². The molecule has 2 rings (SSSR count). The van der Waals surface area contributed by atoms with Gasteiger partial charge in [-0.1, -0.05) is 34.1 Å². The lowest BCUT2D eigenvalue weighted by atomic mass is 10.1. The third kappa shape index (κ3) is 5.30. The molecule has 7 nitrogen and oxygen atoms in total. The third-order valence-corrected chi connectivity index (χ3v) is 4.53. The van der Waals surface area contributed by atoms with E-state index in [9.17, 15) is 14.4 Å². The number of nitrogens with zero attached hydrogens (tertiary/aromatic N) is 1. The van der Waals surface area contributed by atoms with Gasteiger partial charge >= 0.3 is 18.0 Å². The fraction of sp³-hybridized carbons (Fsp3) is 0.409. The number of halogens is 1. The van der Waals surface area contributed by atoms with Crippen molar-refractivity contribution in [2.24, 2.45) is 0 Å². The number of benzene rings is 1. The van der Waals surface area contributed by atoms with Crippen LogP contribution in [-0.4, -0.2) is 41.4 Å². The van der Waals surface area contributed by atoms with Crippen molar-refractivity contribution >= 4 is 50.9 Å². The Labute approximate surface area is 184 Å². The van der Waals surface area contributed by atoms with Gasteiger partial charge in [-0.2, -0.15) is 0 Å². The Morgan fingerprint density at radius 1 is 1.03 bits per heavy atom. The highest BCUT2D eigenvalue weighted by molar-refractivity contribution is 9.08. The monoisotopic (exact) mass is 479 g/mol. The van der Waals surface area contributed by atoms with Gasteiger partial charge < -0.3 is 14.2 Å². The van der Waals surface area contributed by atoms with Gasteiger partial charge in [-0.15, -0.1) is 0 Å². The van der Waals surface area contributed by atoms with Gasteiger partial charge in [0, 0.05) is 22.0 Å². The second kappa shape index (κ2) is 9.93. The number of aromatic nitrogens is 1. The van der Waals surface area contributed by atoms with Crippen LogP contribution in [0.4, 0.5) is 4.79 Å². The molecule has 0 aliphatic rings. The number of hydrogen-bond donors (Lipinski definition) is 0. The number of fused-ring (bicyclic) bond motifs is 1. The Morgan fingerprint density at radius 3 is 2.10 bits per heavy atom. The van der Waals surface area contributed by atoms with Gasteiger partial charge in [0.15, 0.2) is 0 Å². The maximum absolute atomic E-state index is 12.9. The molecule has 0 bridgehead atoms. The maximum atomic E-state index is 12.9. The Balaban J connectivity index is 2.76. The van der Waals surface area contributed by atoms with E-state index < -0.39 is 23.6 Å². The van der Waals surface area contributed by atoms with E-state index in [-0.39, 0.29) is 24.1 Å². The lowest BCUT2D eigenvalue weighted by molar-refractivity contribution is -0.146. The third-order valence-electron chi connectivity index (χ3n) is 4.00. The van der Waals surface area contributed by atoms with Crippen LogP contribution in [0.15, 0.2) is 29.8 Å². The first-order chi connectivity index (χ1) is 14.1. The van der Waals surface area contributed by atoms with Crippen LogP contribution in [0, 0.1) is 0 Å². The van der Waals surface area contributed by atoms with E-state index in [1.165, 1.54) is 10.6 Å². The molecule has 0 radical (unpaired) electrons. The molecule has 8 heteroatoms. The minimum Gasteiger partial charge on any atom is -0.462 e. The SMILES string of the molecule is CCOC(=O)C(=Cc1c(CBr)n(C(=O)OC(C)(C)C)c2ccccc12)C(=O)OCC. The van der Waals surface area contributed by atoms with Crippen molar-refractivity contribution in [1.82, 2.24) is 4.57 Å². The quantitative estimate of drug-likeness (QED) is 0.147. The number of hydrogen-bond acceptors (Lipinski definition) is 6. The van der Waals surface area contributed by atoms with Gasteiger partial charge in [0.1, 0.15) is 11.2 Å². The molecule has 0 saturated heterocycles. The molecular weight excluding hydrogens is 454 g/mol. The van der Waals surface area contributed by atoms with E-state index in [4.69, 9.17) is 14.2 Å². The molecule has 0 unspecified atom stereocenters. The standard InChI is InChI=1S/C22H26BrNO6/c1-6-28-19(25)16(20(26)29-7-2)12-15-14-10-8-9-11-17(14)24(18(15)13-23)21(27)30-22(3,4)5/h8-12H,6-7,13H2,1-5H3. The number of carbonyl (C=O) groups is 3.